The van der Waals surface area contributed by atoms with Crippen LogP contribution in [0.15, 0.2) is 18.2 Å². The van der Waals surface area contributed by atoms with Gasteiger partial charge in [0, 0.05) is 18.1 Å². The average Bonchev–Trinajstić information content (AvgIpc) is 2.70. The Balaban J connectivity index is 2.33. The molecule has 1 heterocycles. The molecule has 100 valence electrons. The molecule has 2 rings (SSSR count). The van der Waals surface area contributed by atoms with E-state index in [9.17, 15) is 0 Å². The molecule has 0 spiro atoms. The third kappa shape index (κ3) is 2.50. The van der Waals surface area contributed by atoms with Crippen molar-refractivity contribution in [2.45, 2.75) is 58.2 Å². The Morgan fingerprint density at radius 3 is 2.72 bits per heavy atom. The van der Waals surface area contributed by atoms with E-state index in [1.807, 2.05) is 13.0 Å². The second kappa shape index (κ2) is 5.50. The first-order valence-corrected chi connectivity index (χ1v) is 7.25. The first-order chi connectivity index (χ1) is 8.54. The van der Waals surface area contributed by atoms with Gasteiger partial charge in [0.2, 0.25) is 0 Å². The van der Waals surface area contributed by atoms with E-state index in [0.717, 1.165) is 16.3 Å². The van der Waals surface area contributed by atoms with Gasteiger partial charge in [0.1, 0.15) is 0 Å². The first kappa shape index (κ1) is 13.7. The van der Waals surface area contributed by atoms with Crippen LogP contribution in [0.3, 0.4) is 0 Å². The molecule has 2 nitrogen and oxygen atoms in total. The minimum atomic E-state index is 0.0366. The highest BCUT2D eigenvalue weighted by molar-refractivity contribution is 6.33. The van der Waals surface area contributed by atoms with Crippen molar-refractivity contribution in [2.75, 3.05) is 4.90 Å². The van der Waals surface area contributed by atoms with E-state index >= 15 is 0 Å². The summed E-state index contributed by atoms with van der Waals surface area (Å²) < 4.78 is 0. The van der Waals surface area contributed by atoms with E-state index in [0.29, 0.717) is 12.1 Å². The van der Waals surface area contributed by atoms with Gasteiger partial charge < -0.3 is 10.6 Å². The molecule has 18 heavy (non-hydrogen) atoms. The van der Waals surface area contributed by atoms with E-state index in [2.05, 4.69) is 30.9 Å². The van der Waals surface area contributed by atoms with E-state index in [4.69, 9.17) is 17.3 Å². The lowest BCUT2D eigenvalue weighted by atomic mass is 10.1. The average molecular weight is 267 g/mol. The molecule has 0 radical (unpaired) electrons. The van der Waals surface area contributed by atoms with Crippen molar-refractivity contribution < 1.29 is 0 Å². The Hall–Kier alpha value is -0.730. The largest absolute Gasteiger partial charge is 0.365 e. The van der Waals surface area contributed by atoms with E-state index in [-0.39, 0.29) is 6.04 Å². The monoisotopic (exact) mass is 266 g/mol. The van der Waals surface area contributed by atoms with E-state index in [1.54, 1.807) is 0 Å². The van der Waals surface area contributed by atoms with Crippen molar-refractivity contribution in [3.05, 3.63) is 28.8 Å². The van der Waals surface area contributed by atoms with E-state index in [1.165, 1.54) is 19.3 Å². The Morgan fingerprint density at radius 1 is 1.44 bits per heavy atom. The van der Waals surface area contributed by atoms with E-state index < -0.39 is 0 Å². The molecule has 0 saturated carbocycles. The molecule has 1 saturated heterocycles. The summed E-state index contributed by atoms with van der Waals surface area (Å²) in [6.45, 7) is 6.52. The molecule has 1 aliphatic heterocycles. The van der Waals surface area contributed by atoms with Crippen molar-refractivity contribution in [3.8, 4) is 0 Å². The lowest BCUT2D eigenvalue weighted by Gasteiger charge is -2.31. The molecule has 0 aliphatic carbocycles. The predicted molar refractivity (Wildman–Crippen MR) is 79.3 cm³/mol. The van der Waals surface area contributed by atoms with Gasteiger partial charge in [0.25, 0.3) is 0 Å². The quantitative estimate of drug-likeness (QED) is 0.891. The number of benzene rings is 1. The minimum Gasteiger partial charge on any atom is -0.365 e. The number of hydrogen-bond acceptors (Lipinski definition) is 2. The van der Waals surface area contributed by atoms with Crippen molar-refractivity contribution in [1.29, 1.82) is 0 Å². The molecule has 0 aromatic heterocycles. The summed E-state index contributed by atoms with van der Waals surface area (Å²) >= 11 is 6.44. The molecule has 0 bridgehead atoms. The highest BCUT2D eigenvalue weighted by atomic mass is 35.5. The molecule has 1 aromatic carbocycles. The molecule has 3 atom stereocenters. The maximum absolute atomic E-state index is 6.44. The zero-order valence-electron chi connectivity index (χ0n) is 11.5. The molecule has 1 aromatic rings. The van der Waals surface area contributed by atoms with Crippen LogP contribution < -0.4 is 10.6 Å². The molecule has 0 amide bonds. The summed E-state index contributed by atoms with van der Waals surface area (Å²) in [4.78, 5) is 2.48. The number of halogens is 1. The fraction of sp³-hybridized carbons (Fsp3) is 0.600. The first-order valence-electron chi connectivity index (χ1n) is 6.88. The SMILES string of the molecule is CCC1CCC(C)N1c1ccc([C@H](C)N)cc1Cl. The van der Waals surface area contributed by atoms with Crippen molar-refractivity contribution in [3.63, 3.8) is 0 Å². The van der Waals surface area contributed by atoms with Crippen LogP contribution in [0.2, 0.25) is 5.02 Å². The smallest absolute Gasteiger partial charge is 0.0643 e. The van der Waals surface area contributed by atoms with Gasteiger partial charge in [-0.1, -0.05) is 24.6 Å². The van der Waals surface area contributed by atoms with Gasteiger partial charge >= 0.3 is 0 Å². The lowest BCUT2D eigenvalue weighted by molar-refractivity contribution is 0.628. The van der Waals surface area contributed by atoms with Crippen LogP contribution in [0.5, 0.6) is 0 Å². The molecular formula is C15H23ClN2. The highest BCUT2D eigenvalue weighted by Crippen LogP contribution is 2.37. The summed E-state index contributed by atoms with van der Waals surface area (Å²) in [5, 5.41) is 0.831. The van der Waals surface area contributed by atoms with Crippen LogP contribution in [0.4, 0.5) is 5.69 Å². The third-order valence-corrected chi connectivity index (χ3v) is 4.34. The van der Waals surface area contributed by atoms with Crippen molar-refractivity contribution in [1.82, 2.24) is 0 Å². The standard InChI is InChI=1S/C15H23ClN2/c1-4-13-7-5-10(2)18(13)15-8-6-12(11(3)17)9-14(15)16/h6,8-11,13H,4-5,7,17H2,1-3H3/t10?,11-,13?/m0/s1. The highest BCUT2D eigenvalue weighted by Gasteiger charge is 2.30. The Labute approximate surface area is 115 Å². The van der Waals surface area contributed by atoms with Gasteiger partial charge in [-0.3, -0.25) is 0 Å². The molecule has 1 fully saturated rings. The number of anilines is 1. The fourth-order valence-corrected chi connectivity index (χ4v) is 3.21. The second-order valence-corrected chi connectivity index (χ2v) is 5.80. The molecule has 2 N–H and O–H groups in total. The summed E-state index contributed by atoms with van der Waals surface area (Å²) in [6.07, 6.45) is 3.70. The molecule has 3 heteroatoms. The van der Waals surface area contributed by atoms with Crippen LogP contribution in [-0.4, -0.2) is 12.1 Å². The maximum Gasteiger partial charge on any atom is 0.0643 e. The Kier molecular flexibility index (Phi) is 4.18. The molecular weight excluding hydrogens is 244 g/mol. The number of nitrogens with zero attached hydrogens (tertiary/aromatic N) is 1. The normalized spacial score (nSPS) is 25.5. The van der Waals surface area contributed by atoms with Gasteiger partial charge in [-0.25, -0.2) is 0 Å². The lowest BCUT2D eigenvalue weighted by Crippen LogP contribution is -2.34. The Bertz CT molecular complexity index is 417. The zero-order chi connectivity index (χ0) is 13.3. The summed E-state index contributed by atoms with van der Waals surface area (Å²) in [6, 6.07) is 7.48. The van der Waals surface area contributed by atoms with Gasteiger partial charge in [0.05, 0.1) is 10.7 Å². The van der Waals surface area contributed by atoms with Gasteiger partial charge in [-0.05, 0) is 50.8 Å². The third-order valence-electron chi connectivity index (χ3n) is 4.03. The van der Waals surface area contributed by atoms with Crippen molar-refractivity contribution in [2.24, 2.45) is 5.73 Å². The van der Waals surface area contributed by atoms with Crippen LogP contribution >= 0.6 is 11.6 Å². The van der Waals surface area contributed by atoms with Crippen LogP contribution in [-0.2, 0) is 0 Å². The van der Waals surface area contributed by atoms with Gasteiger partial charge in [-0.15, -0.1) is 0 Å². The number of nitrogens with two attached hydrogens (primary N) is 1. The Morgan fingerprint density at radius 2 is 2.17 bits per heavy atom. The maximum atomic E-state index is 6.44. The predicted octanol–water partition coefficient (Wildman–Crippen LogP) is 4.13. The van der Waals surface area contributed by atoms with Crippen molar-refractivity contribution >= 4 is 17.3 Å². The van der Waals surface area contributed by atoms with Crippen LogP contribution in [0.25, 0.3) is 0 Å². The minimum absolute atomic E-state index is 0.0366. The zero-order valence-corrected chi connectivity index (χ0v) is 12.2. The fourth-order valence-electron chi connectivity index (χ4n) is 2.92. The van der Waals surface area contributed by atoms with Gasteiger partial charge in [0.15, 0.2) is 0 Å². The van der Waals surface area contributed by atoms with Crippen LogP contribution in [0.1, 0.15) is 51.6 Å². The summed E-state index contributed by atoms with van der Waals surface area (Å²) in [5.41, 5.74) is 8.16. The summed E-state index contributed by atoms with van der Waals surface area (Å²) in [7, 11) is 0. The molecule has 1 aliphatic rings. The van der Waals surface area contributed by atoms with Crippen LogP contribution in [0, 0.1) is 0 Å². The second-order valence-electron chi connectivity index (χ2n) is 5.40. The molecule has 2 unspecified atom stereocenters. The van der Waals surface area contributed by atoms with Gasteiger partial charge in [-0.2, -0.15) is 0 Å². The number of hydrogen-bond donors (Lipinski definition) is 1. The number of rotatable bonds is 3. The topological polar surface area (TPSA) is 29.3 Å². The summed E-state index contributed by atoms with van der Waals surface area (Å²) in [5.74, 6) is 0.